The van der Waals surface area contributed by atoms with Gasteiger partial charge in [-0.2, -0.15) is 0 Å². The molecule has 2 amide bonds. The van der Waals surface area contributed by atoms with E-state index in [1.165, 1.54) is 34.7 Å². The molecule has 3 rings (SSSR count). The fourth-order valence-electron chi connectivity index (χ4n) is 2.89. The zero-order valence-corrected chi connectivity index (χ0v) is 17.8. The molecule has 158 valence electrons. The van der Waals surface area contributed by atoms with Crippen molar-refractivity contribution in [2.45, 2.75) is 45.3 Å². The molecule has 1 atom stereocenters. The quantitative estimate of drug-likeness (QED) is 0.584. The molecule has 3 aromatic rings. The van der Waals surface area contributed by atoms with E-state index in [9.17, 15) is 14.0 Å². The molecule has 0 radical (unpaired) electrons. The number of halogens is 1. The zero-order valence-electron chi connectivity index (χ0n) is 17.0. The van der Waals surface area contributed by atoms with Crippen LogP contribution < -0.4 is 5.32 Å². The third kappa shape index (κ3) is 4.91. The predicted octanol–water partition coefficient (Wildman–Crippen LogP) is 3.96. The largest absolute Gasteiger partial charge is 0.467 e. The standard InChI is InChI=1S/C21H23FN4O3S/c1-4-21(2,3)23-19(27)18(15-9-5-6-10-16(15)22)26(12-14-8-7-11-29-14)20(28)17-13-30-25-24-17/h5-11,13,18H,4,12H2,1-3H3,(H,23,27)/t18-/m0/s1. The van der Waals surface area contributed by atoms with Gasteiger partial charge in [-0.1, -0.05) is 29.6 Å². The molecule has 0 saturated heterocycles. The summed E-state index contributed by atoms with van der Waals surface area (Å²) in [7, 11) is 0. The molecule has 0 fully saturated rings. The van der Waals surface area contributed by atoms with E-state index < -0.39 is 29.2 Å². The van der Waals surface area contributed by atoms with E-state index in [0.29, 0.717) is 12.2 Å². The molecule has 1 N–H and O–H groups in total. The lowest BCUT2D eigenvalue weighted by Crippen LogP contribution is -2.50. The first-order valence-corrected chi connectivity index (χ1v) is 10.3. The van der Waals surface area contributed by atoms with Crippen molar-refractivity contribution in [3.63, 3.8) is 0 Å². The van der Waals surface area contributed by atoms with Gasteiger partial charge in [0.25, 0.3) is 5.91 Å². The van der Waals surface area contributed by atoms with Crippen molar-refractivity contribution in [3.05, 3.63) is 70.9 Å². The Morgan fingerprint density at radius 3 is 2.63 bits per heavy atom. The molecule has 1 aromatic carbocycles. The second kappa shape index (κ2) is 9.17. The Labute approximate surface area is 178 Å². The molecule has 0 bridgehead atoms. The van der Waals surface area contributed by atoms with Gasteiger partial charge in [0.1, 0.15) is 17.6 Å². The number of carbonyl (C=O) groups is 2. The van der Waals surface area contributed by atoms with Crippen molar-refractivity contribution in [2.75, 3.05) is 0 Å². The molecule has 0 saturated carbocycles. The minimum absolute atomic E-state index is 0.0394. The van der Waals surface area contributed by atoms with E-state index in [4.69, 9.17) is 4.42 Å². The third-order valence-electron chi connectivity index (χ3n) is 4.85. The molecule has 2 aromatic heterocycles. The van der Waals surface area contributed by atoms with Gasteiger partial charge in [-0.25, -0.2) is 4.39 Å². The van der Waals surface area contributed by atoms with Crippen molar-refractivity contribution in [1.82, 2.24) is 19.8 Å². The van der Waals surface area contributed by atoms with E-state index in [1.807, 2.05) is 20.8 Å². The van der Waals surface area contributed by atoms with Crippen molar-refractivity contribution in [2.24, 2.45) is 0 Å². The molecular formula is C21H23FN4O3S. The van der Waals surface area contributed by atoms with Gasteiger partial charge in [-0.05, 0) is 50.0 Å². The summed E-state index contributed by atoms with van der Waals surface area (Å²) in [6.45, 7) is 5.63. The van der Waals surface area contributed by atoms with Crippen LogP contribution in [-0.4, -0.2) is 31.8 Å². The molecule has 0 spiro atoms. The number of furan rings is 1. The monoisotopic (exact) mass is 430 g/mol. The maximum Gasteiger partial charge on any atom is 0.276 e. The van der Waals surface area contributed by atoms with E-state index in [2.05, 4.69) is 14.9 Å². The SMILES string of the molecule is CCC(C)(C)NC(=O)[C@H](c1ccccc1F)N(Cc1ccco1)C(=O)c1csnn1. The summed E-state index contributed by atoms with van der Waals surface area (Å²) >= 11 is 1.02. The van der Waals surface area contributed by atoms with Gasteiger partial charge in [0, 0.05) is 16.5 Å². The molecule has 30 heavy (non-hydrogen) atoms. The highest BCUT2D eigenvalue weighted by Crippen LogP contribution is 2.28. The average Bonchev–Trinajstić information content (AvgIpc) is 3.42. The lowest BCUT2D eigenvalue weighted by molar-refractivity contribution is -0.128. The first kappa shape index (κ1) is 21.6. The molecule has 0 aliphatic heterocycles. The molecule has 9 heteroatoms. The third-order valence-corrected chi connectivity index (χ3v) is 5.36. The van der Waals surface area contributed by atoms with Crippen LogP contribution >= 0.6 is 11.5 Å². The van der Waals surface area contributed by atoms with Crippen LogP contribution in [0.15, 0.2) is 52.5 Å². The normalized spacial score (nSPS) is 12.4. The van der Waals surface area contributed by atoms with Crippen molar-refractivity contribution in [3.8, 4) is 0 Å². The summed E-state index contributed by atoms with van der Waals surface area (Å²) in [4.78, 5) is 27.9. The average molecular weight is 431 g/mol. The molecule has 0 unspecified atom stereocenters. The Hall–Kier alpha value is -3.07. The lowest BCUT2D eigenvalue weighted by Gasteiger charge is -2.34. The van der Waals surface area contributed by atoms with Gasteiger partial charge in [0.05, 0.1) is 12.8 Å². The highest BCUT2D eigenvalue weighted by Gasteiger charge is 2.37. The van der Waals surface area contributed by atoms with Crippen LogP contribution in [-0.2, 0) is 11.3 Å². The van der Waals surface area contributed by atoms with Crippen molar-refractivity contribution < 1.29 is 18.4 Å². The summed E-state index contributed by atoms with van der Waals surface area (Å²) in [6.07, 6.45) is 2.13. The van der Waals surface area contributed by atoms with Crippen molar-refractivity contribution in [1.29, 1.82) is 0 Å². The topological polar surface area (TPSA) is 88.3 Å². The highest BCUT2D eigenvalue weighted by molar-refractivity contribution is 7.03. The van der Waals surface area contributed by atoms with Crippen LogP contribution in [0.3, 0.4) is 0 Å². The Balaban J connectivity index is 2.09. The van der Waals surface area contributed by atoms with E-state index >= 15 is 0 Å². The van der Waals surface area contributed by atoms with Crippen LogP contribution in [0.5, 0.6) is 0 Å². The first-order chi connectivity index (χ1) is 14.3. The number of carbonyl (C=O) groups excluding carboxylic acids is 2. The fraction of sp³-hybridized carbons (Fsp3) is 0.333. The van der Waals surface area contributed by atoms with Crippen molar-refractivity contribution >= 4 is 23.3 Å². The smallest absolute Gasteiger partial charge is 0.276 e. The van der Waals surface area contributed by atoms with Gasteiger partial charge in [0.2, 0.25) is 5.91 Å². The summed E-state index contributed by atoms with van der Waals surface area (Å²) in [5.41, 5.74) is -0.372. The fourth-order valence-corrected chi connectivity index (χ4v) is 3.32. The number of hydrogen-bond acceptors (Lipinski definition) is 6. The summed E-state index contributed by atoms with van der Waals surface area (Å²) in [5, 5.41) is 8.25. The Morgan fingerprint density at radius 2 is 2.03 bits per heavy atom. The molecular weight excluding hydrogens is 407 g/mol. The van der Waals surface area contributed by atoms with E-state index in [0.717, 1.165) is 11.5 Å². The Kier molecular flexibility index (Phi) is 6.61. The van der Waals surface area contributed by atoms with Gasteiger partial charge in [-0.15, -0.1) is 5.10 Å². The second-order valence-corrected chi connectivity index (χ2v) is 8.06. The van der Waals surface area contributed by atoms with Crippen LogP contribution in [0.2, 0.25) is 0 Å². The maximum absolute atomic E-state index is 14.8. The Bertz CT molecular complexity index is 990. The summed E-state index contributed by atoms with van der Waals surface area (Å²) in [6, 6.07) is 8.07. The highest BCUT2D eigenvalue weighted by atomic mass is 32.1. The zero-order chi connectivity index (χ0) is 21.7. The minimum Gasteiger partial charge on any atom is -0.467 e. The molecule has 2 heterocycles. The predicted molar refractivity (Wildman–Crippen MR) is 110 cm³/mol. The lowest BCUT2D eigenvalue weighted by atomic mass is 9.98. The number of benzene rings is 1. The molecule has 7 nitrogen and oxygen atoms in total. The number of rotatable bonds is 8. The second-order valence-electron chi connectivity index (χ2n) is 7.45. The van der Waals surface area contributed by atoms with Gasteiger partial charge in [-0.3, -0.25) is 9.59 Å². The minimum atomic E-state index is -1.23. The number of nitrogens with zero attached hydrogens (tertiary/aromatic N) is 3. The summed E-state index contributed by atoms with van der Waals surface area (Å²) < 4.78 is 23.9. The van der Waals surface area contributed by atoms with Gasteiger partial charge >= 0.3 is 0 Å². The Morgan fingerprint density at radius 1 is 1.27 bits per heavy atom. The summed E-state index contributed by atoms with van der Waals surface area (Å²) in [5.74, 6) is -1.16. The number of nitrogens with one attached hydrogen (secondary N) is 1. The molecule has 0 aliphatic rings. The number of aromatic nitrogens is 2. The van der Waals surface area contributed by atoms with E-state index in [1.54, 1.807) is 18.2 Å². The van der Waals surface area contributed by atoms with Crippen LogP contribution in [0.4, 0.5) is 4.39 Å². The van der Waals surface area contributed by atoms with Gasteiger partial charge in [0.15, 0.2) is 5.69 Å². The van der Waals surface area contributed by atoms with E-state index in [-0.39, 0.29) is 17.8 Å². The van der Waals surface area contributed by atoms with Crippen LogP contribution in [0.1, 0.15) is 55.0 Å². The first-order valence-electron chi connectivity index (χ1n) is 9.49. The molecule has 0 aliphatic carbocycles. The van der Waals surface area contributed by atoms with Crippen LogP contribution in [0.25, 0.3) is 0 Å². The number of amides is 2. The maximum atomic E-state index is 14.8. The van der Waals surface area contributed by atoms with Crippen LogP contribution in [0, 0.1) is 5.82 Å². The number of hydrogen-bond donors (Lipinski definition) is 1. The van der Waals surface area contributed by atoms with Gasteiger partial charge < -0.3 is 14.6 Å².